The molecule has 0 fully saturated rings. The van der Waals surface area contributed by atoms with Crippen molar-refractivity contribution in [1.29, 1.82) is 0 Å². The number of benzene rings is 2. The number of hydrogen-bond acceptors (Lipinski definition) is 5. The number of carbonyl (C=O) groups excluding carboxylic acids is 1. The second-order valence-electron chi connectivity index (χ2n) is 7.44. The highest BCUT2D eigenvalue weighted by molar-refractivity contribution is 7.99. The Kier molecular flexibility index (Phi) is 13.1. The number of halogens is 6. The van der Waals surface area contributed by atoms with Gasteiger partial charge >= 0.3 is 0 Å². The van der Waals surface area contributed by atoms with Crippen molar-refractivity contribution in [2.75, 3.05) is 12.3 Å². The van der Waals surface area contributed by atoms with Crippen molar-refractivity contribution in [1.82, 2.24) is 15.3 Å². The molecule has 1 amide bonds. The van der Waals surface area contributed by atoms with E-state index in [2.05, 4.69) is 41.8 Å². The summed E-state index contributed by atoms with van der Waals surface area (Å²) in [5, 5.41) is 5.51. The van der Waals surface area contributed by atoms with Crippen LogP contribution in [0.2, 0.25) is 30.1 Å². The molecule has 0 saturated heterocycles. The number of nitrogens with zero attached hydrogens (tertiary/aromatic N) is 2. The highest BCUT2D eigenvalue weighted by Gasteiger charge is 2.15. The van der Waals surface area contributed by atoms with Crippen molar-refractivity contribution in [3.8, 4) is 0 Å². The number of carbonyl (C=O) groups is 1. The van der Waals surface area contributed by atoms with Gasteiger partial charge in [-0.05, 0) is 41.9 Å². The van der Waals surface area contributed by atoms with E-state index in [1.54, 1.807) is 30.5 Å². The first-order chi connectivity index (χ1) is 16.5. The zero-order valence-electron chi connectivity index (χ0n) is 18.5. The third-order valence-electron chi connectivity index (χ3n) is 4.77. The summed E-state index contributed by atoms with van der Waals surface area (Å²) in [4.78, 5) is 20.7. The third kappa shape index (κ3) is 9.67. The molecule has 1 aromatic heterocycles. The maximum atomic E-state index is 11.6. The van der Waals surface area contributed by atoms with Gasteiger partial charge in [-0.25, -0.2) is 4.98 Å². The first-order valence-corrected chi connectivity index (χ1v) is 13.9. The lowest BCUT2D eigenvalue weighted by atomic mass is 9.98. The predicted molar refractivity (Wildman–Crippen MR) is 154 cm³/mol. The van der Waals surface area contributed by atoms with Crippen molar-refractivity contribution in [2.45, 2.75) is 23.6 Å². The first kappa shape index (κ1) is 30.7. The lowest BCUT2D eigenvalue weighted by molar-refractivity contribution is 0.0939. The van der Waals surface area contributed by atoms with Crippen LogP contribution in [0.15, 0.2) is 52.6 Å². The van der Waals surface area contributed by atoms with Crippen molar-refractivity contribution in [3.05, 3.63) is 78.7 Å². The highest BCUT2D eigenvalue weighted by atomic mass is 35.5. The minimum Gasteiger partial charge on any atom is -0.350 e. The Balaban J connectivity index is 0.000000251. The van der Waals surface area contributed by atoms with E-state index in [0.717, 1.165) is 5.75 Å². The van der Waals surface area contributed by atoms with E-state index in [0.29, 0.717) is 64.0 Å². The van der Waals surface area contributed by atoms with Crippen molar-refractivity contribution < 1.29 is 4.79 Å². The lowest BCUT2D eigenvalue weighted by Crippen LogP contribution is -2.31. The van der Waals surface area contributed by atoms with Gasteiger partial charge in [-0.3, -0.25) is 9.78 Å². The fraction of sp³-hybridized carbons (Fsp3) is 0.261. The lowest BCUT2D eigenvalue weighted by Gasteiger charge is -2.17. The third-order valence-corrected chi connectivity index (χ3v) is 8.71. The standard InChI is InChI=1S/C12H4Cl6S.C11H17N3OS/c13-5-1-7(15)11(8(16)2-5)19-12-9(17)3-6(14)4-10(12)18;1-8(9(2)7-16)5-14-11(15)10-6-12-3-4-13-10/h1-4H;3-4,6,8-9,16H,5,7H2,1-2H3,(H,14,15). The molecule has 1 N–H and O–H groups in total. The predicted octanol–water partition coefficient (Wildman–Crippen LogP) is 9.17. The summed E-state index contributed by atoms with van der Waals surface area (Å²) in [5.41, 5.74) is 0.355. The van der Waals surface area contributed by atoms with Gasteiger partial charge in [-0.1, -0.05) is 95.2 Å². The molecule has 0 saturated carbocycles. The van der Waals surface area contributed by atoms with Gasteiger partial charge in [0, 0.05) is 38.8 Å². The SMILES string of the molecule is CC(CS)C(C)CNC(=O)c1cnccn1.Clc1cc(Cl)c(Sc2c(Cl)cc(Cl)cc2Cl)c(Cl)c1. The van der Waals surface area contributed by atoms with E-state index in [1.807, 2.05) is 0 Å². The number of rotatable bonds is 7. The molecular weight excluding hydrogens is 611 g/mol. The van der Waals surface area contributed by atoms with Gasteiger partial charge in [0.25, 0.3) is 5.91 Å². The molecule has 3 rings (SSSR count). The molecule has 0 spiro atoms. The zero-order chi connectivity index (χ0) is 26.1. The summed E-state index contributed by atoms with van der Waals surface area (Å²) >= 11 is 41.7. The summed E-state index contributed by atoms with van der Waals surface area (Å²) in [6, 6.07) is 6.42. The molecule has 0 bridgehead atoms. The normalized spacial score (nSPS) is 12.4. The molecule has 12 heteroatoms. The molecule has 2 unspecified atom stereocenters. The van der Waals surface area contributed by atoms with E-state index < -0.39 is 0 Å². The minimum atomic E-state index is -0.175. The van der Waals surface area contributed by atoms with Crippen LogP contribution in [0.25, 0.3) is 0 Å². The molecule has 0 aliphatic carbocycles. The molecule has 0 aliphatic rings. The van der Waals surface area contributed by atoms with Crippen LogP contribution in [0.1, 0.15) is 24.3 Å². The molecule has 35 heavy (non-hydrogen) atoms. The maximum Gasteiger partial charge on any atom is 0.271 e. The number of thiol groups is 1. The quantitative estimate of drug-likeness (QED) is 0.255. The second kappa shape index (κ2) is 15.0. The van der Waals surface area contributed by atoms with Gasteiger partial charge in [0.15, 0.2) is 0 Å². The summed E-state index contributed by atoms with van der Waals surface area (Å²) in [7, 11) is 0. The van der Waals surface area contributed by atoms with Crippen LogP contribution in [-0.2, 0) is 0 Å². The van der Waals surface area contributed by atoms with Crippen LogP contribution < -0.4 is 5.32 Å². The fourth-order valence-electron chi connectivity index (χ4n) is 2.50. The molecule has 4 nitrogen and oxygen atoms in total. The van der Waals surface area contributed by atoms with Gasteiger partial charge in [0.1, 0.15) is 5.69 Å². The van der Waals surface area contributed by atoms with Crippen molar-refractivity contribution >= 4 is 99.9 Å². The molecule has 3 aromatic rings. The molecule has 0 aliphatic heterocycles. The number of aromatic nitrogens is 2. The summed E-state index contributed by atoms with van der Waals surface area (Å²) < 4.78 is 0. The second-order valence-corrected chi connectivity index (χ2v) is 11.3. The topological polar surface area (TPSA) is 54.9 Å². The monoisotopic (exact) mass is 629 g/mol. The molecule has 2 atom stereocenters. The Morgan fingerprint density at radius 1 is 0.886 bits per heavy atom. The van der Waals surface area contributed by atoms with E-state index in [4.69, 9.17) is 69.6 Å². The van der Waals surface area contributed by atoms with Crippen LogP contribution >= 0.6 is 94.0 Å². The fourth-order valence-corrected chi connectivity index (χ4v) is 5.78. The Morgan fingerprint density at radius 2 is 1.37 bits per heavy atom. The molecular formula is C23H21Cl6N3OS2. The van der Waals surface area contributed by atoms with Gasteiger partial charge in [0.2, 0.25) is 0 Å². The Hall–Kier alpha value is -0.570. The summed E-state index contributed by atoms with van der Waals surface area (Å²) in [6.07, 6.45) is 4.51. The van der Waals surface area contributed by atoms with Gasteiger partial charge < -0.3 is 5.32 Å². The number of nitrogens with one attached hydrogen (secondary N) is 1. The van der Waals surface area contributed by atoms with Crippen molar-refractivity contribution in [2.24, 2.45) is 11.8 Å². The van der Waals surface area contributed by atoms with Crippen LogP contribution in [0.4, 0.5) is 0 Å². The van der Waals surface area contributed by atoms with Gasteiger partial charge in [-0.2, -0.15) is 12.6 Å². The van der Waals surface area contributed by atoms with Crippen LogP contribution in [0, 0.1) is 11.8 Å². The van der Waals surface area contributed by atoms with E-state index in [1.165, 1.54) is 24.2 Å². The molecule has 0 radical (unpaired) electrons. The van der Waals surface area contributed by atoms with Crippen LogP contribution in [0.5, 0.6) is 0 Å². The van der Waals surface area contributed by atoms with Crippen LogP contribution in [-0.4, -0.2) is 28.2 Å². The maximum absolute atomic E-state index is 11.6. The Labute approximate surface area is 244 Å². The molecule has 188 valence electrons. The minimum absolute atomic E-state index is 0.175. The molecule has 1 heterocycles. The number of hydrogen-bond donors (Lipinski definition) is 2. The Bertz CT molecular complexity index is 1050. The van der Waals surface area contributed by atoms with E-state index >= 15 is 0 Å². The largest absolute Gasteiger partial charge is 0.350 e. The Morgan fingerprint density at radius 3 is 1.77 bits per heavy atom. The smallest absolute Gasteiger partial charge is 0.271 e. The van der Waals surface area contributed by atoms with Crippen LogP contribution in [0.3, 0.4) is 0 Å². The summed E-state index contributed by atoms with van der Waals surface area (Å²) in [5.74, 6) is 1.53. The van der Waals surface area contributed by atoms with E-state index in [-0.39, 0.29) is 5.91 Å². The van der Waals surface area contributed by atoms with Gasteiger partial charge in [-0.15, -0.1) is 0 Å². The van der Waals surface area contributed by atoms with Gasteiger partial charge in [0.05, 0.1) is 26.3 Å². The van der Waals surface area contributed by atoms with E-state index in [9.17, 15) is 4.79 Å². The number of amides is 1. The summed E-state index contributed by atoms with van der Waals surface area (Å²) in [6.45, 7) is 4.85. The molecule has 2 aromatic carbocycles. The average Bonchev–Trinajstić information content (AvgIpc) is 2.81. The highest BCUT2D eigenvalue weighted by Crippen LogP contribution is 2.45. The van der Waals surface area contributed by atoms with Crippen molar-refractivity contribution in [3.63, 3.8) is 0 Å². The zero-order valence-corrected chi connectivity index (χ0v) is 24.8. The first-order valence-electron chi connectivity index (χ1n) is 10.2. The average molecular weight is 632 g/mol.